The summed E-state index contributed by atoms with van der Waals surface area (Å²) in [6.45, 7) is 2.39. The van der Waals surface area contributed by atoms with Crippen LogP contribution in [-0.4, -0.2) is 49.0 Å². The Hall–Kier alpha value is -2.90. The summed E-state index contributed by atoms with van der Waals surface area (Å²) in [6, 6.07) is 19.1. The zero-order valence-corrected chi connectivity index (χ0v) is 18.2. The molecule has 2 amide bonds. The molecule has 2 aromatic carbocycles. The van der Waals surface area contributed by atoms with Crippen LogP contribution in [0.3, 0.4) is 0 Å². The molecule has 7 heteroatoms. The van der Waals surface area contributed by atoms with Crippen molar-refractivity contribution >= 4 is 17.7 Å². The Morgan fingerprint density at radius 3 is 2.44 bits per heavy atom. The summed E-state index contributed by atoms with van der Waals surface area (Å²) in [4.78, 5) is 26.7. The zero-order valence-electron chi connectivity index (χ0n) is 18.2. The van der Waals surface area contributed by atoms with Gasteiger partial charge in [-0.2, -0.15) is 0 Å². The van der Waals surface area contributed by atoms with Gasteiger partial charge < -0.3 is 24.4 Å². The number of carbonyl (C=O) groups is 2. The van der Waals surface area contributed by atoms with Gasteiger partial charge in [-0.05, 0) is 30.5 Å². The first-order chi connectivity index (χ1) is 15.6. The number of hydrogen-bond donors (Lipinski definition) is 1. The summed E-state index contributed by atoms with van der Waals surface area (Å²) in [5, 5.41) is 2.91. The molecule has 1 unspecified atom stereocenters. The van der Waals surface area contributed by atoms with E-state index in [0.29, 0.717) is 45.6 Å². The number of rotatable bonds is 7. The maximum absolute atomic E-state index is 12.7. The van der Waals surface area contributed by atoms with Crippen LogP contribution in [-0.2, 0) is 25.6 Å². The molecule has 32 heavy (non-hydrogen) atoms. The van der Waals surface area contributed by atoms with Crippen LogP contribution in [0.5, 0.6) is 0 Å². The predicted octanol–water partition coefficient (Wildman–Crippen LogP) is 4.20. The largest absolute Gasteiger partial charge is 0.445 e. The van der Waals surface area contributed by atoms with Crippen LogP contribution >= 0.6 is 0 Å². The highest BCUT2D eigenvalue weighted by molar-refractivity contribution is 5.90. The van der Waals surface area contributed by atoms with Crippen LogP contribution in [0, 0.1) is 5.92 Å². The molecule has 1 N–H and O–H groups in total. The third kappa shape index (κ3) is 5.66. The van der Waals surface area contributed by atoms with Gasteiger partial charge in [-0.15, -0.1) is 0 Å². The molecule has 170 valence electrons. The number of nitrogens with zero attached hydrogens (tertiary/aromatic N) is 1. The summed E-state index contributed by atoms with van der Waals surface area (Å²) >= 11 is 0. The van der Waals surface area contributed by atoms with Crippen LogP contribution in [0.1, 0.15) is 31.2 Å². The van der Waals surface area contributed by atoms with E-state index in [4.69, 9.17) is 14.2 Å². The maximum Gasteiger partial charge on any atom is 0.410 e. The van der Waals surface area contributed by atoms with Gasteiger partial charge >= 0.3 is 6.09 Å². The standard InChI is InChI=1S/C25H30N2O5/c28-23(26-22-11-5-2-6-12-22)13-7-10-21-18-27(15-14-25(21)31-16-17-32-25)24(29)30-19-20-8-3-1-4-9-20/h1-6,8-9,11-12,21H,7,10,13-19H2,(H,26,28). The molecule has 2 aliphatic heterocycles. The number of amides is 2. The van der Waals surface area contributed by atoms with Crippen molar-refractivity contribution in [2.45, 2.75) is 38.1 Å². The van der Waals surface area contributed by atoms with Crippen LogP contribution in [0.2, 0.25) is 0 Å². The number of hydrogen-bond acceptors (Lipinski definition) is 5. The first-order valence-electron chi connectivity index (χ1n) is 11.2. The van der Waals surface area contributed by atoms with E-state index in [1.807, 2.05) is 60.7 Å². The van der Waals surface area contributed by atoms with Crippen molar-refractivity contribution in [2.24, 2.45) is 5.92 Å². The highest BCUT2D eigenvalue weighted by atomic mass is 16.7. The molecule has 2 fully saturated rings. The lowest BCUT2D eigenvalue weighted by molar-refractivity contribution is -0.220. The van der Waals surface area contributed by atoms with Gasteiger partial charge in [0, 0.05) is 37.5 Å². The van der Waals surface area contributed by atoms with E-state index >= 15 is 0 Å². The summed E-state index contributed by atoms with van der Waals surface area (Å²) in [5.41, 5.74) is 1.75. The van der Waals surface area contributed by atoms with Crippen molar-refractivity contribution in [2.75, 3.05) is 31.6 Å². The van der Waals surface area contributed by atoms with E-state index in [9.17, 15) is 9.59 Å². The van der Waals surface area contributed by atoms with Crippen molar-refractivity contribution in [3.8, 4) is 0 Å². The molecular weight excluding hydrogens is 408 g/mol. The van der Waals surface area contributed by atoms with Gasteiger partial charge in [0.15, 0.2) is 5.79 Å². The molecule has 0 bridgehead atoms. The monoisotopic (exact) mass is 438 g/mol. The second kappa shape index (κ2) is 10.6. The minimum atomic E-state index is -0.661. The highest BCUT2D eigenvalue weighted by Gasteiger charge is 2.48. The molecule has 2 saturated heterocycles. The van der Waals surface area contributed by atoms with Gasteiger partial charge in [0.25, 0.3) is 0 Å². The van der Waals surface area contributed by atoms with E-state index in [1.54, 1.807) is 4.90 Å². The molecule has 2 aromatic rings. The summed E-state index contributed by atoms with van der Waals surface area (Å²) < 4.78 is 17.5. The Morgan fingerprint density at radius 1 is 1.03 bits per heavy atom. The molecule has 4 rings (SSSR count). The fraction of sp³-hybridized carbons (Fsp3) is 0.440. The van der Waals surface area contributed by atoms with Crippen molar-refractivity contribution in [1.82, 2.24) is 4.90 Å². The molecule has 7 nitrogen and oxygen atoms in total. The SMILES string of the molecule is O=C(CCCC1CN(C(=O)OCc2ccccc2)CCC12OCCO2)Nc1ccccc1. The summed E-state index contributed by atoms with van der Waals surface area (Å²) in [7, 11) is 0. The predicted molar refractivity (Wildman–Crippen MR) is 120 cm³/mol. The second-order valence-corrected chi connectivity index (χ2v) is 8.25. The molecule has 0 aliphatic carbocycles. The summed E-state index contributed by atoms with van der Waals surface area (Å²) in [6.07, 6.45) is 2.09. The number of anilines is 1. The van der Waals surface area contributed by atoms with Gasteiger partial charge in [0.2, 0.25) is 5.91 Å². The summed E-state index contributed by atoms with van der Waals surface area (Å²) in [5.74, 6) is -0.687. The molecule has 2 heterocycles. The Labute approximate surface area is 188 Å². The molecule has 0 radical (unpaired) electrons. The highest BCUT2D eigenvalue weighted by Crippen LogP contribution is 2.39. The van der Waals surface area contributed by atoms with Crippen molar-refractivity contribution in [3.63, 3.8) is 0 Å². The number of piperidine rings is 1. The quantitative estimate of drug-likeness (QED) is 0.701. The van der Waals surface area contributed by atoms with Gasteiger partial charge in [0.05, 0.1) is 13.2 Å². The Bertz CT molecular complexity index is 884. The maximum atomic E-state index is 12.7. The number of likely N-dealkylation sites (tertiary alicyclic amines) is 1. The van der Waals surface area contributed by atoms with Crippen LogP contribution < -0.4 is 5.32 Å². The zero-order chi connectivity index (χ0) is 22.2. The first-order valence-corrected chi connectivity index (χ1v) is 11.2. The third-order valence-corrected chi connectivity index (χ3v) is 6.05. The minimum Gasteiger partial charge on any atom is -0.445 e. The van der Waals surface area contributed by atoms with E-state index in [2.05, 4.69) is 5.32 Å². The first kappa shape index (κ1) is 22.3. The molecular formula is C25H30N2O5. The molecule has 1 atom stereocenters. The number of para-hydroxylation sites is 1. The Kier molecular flexibility index (Phi) is 7.39. The van der Waals surface area contributed by atoms with Gasteiger partial charge in [-0.1, -0.05) is 48.5 Å². The number of carbonyl (C=O) groups excluding carboxylic acids is 2. The second-order valence-electron chi connectivity index (χ2n) is 8.25. The van der Waals surface area contributed by atoms with Crippen LogP contribution in [0.4, 0.5) is 10.5 Å². The van der Waals surface area contributed by atoms with E-state index < -0.39 is 5.79 Å². The number of benzene rings is 2. The minimum absolute atomic E-state index is 0.00690. The molecule has 2 aliphatic rings. The third-order valence-electron chi connectivity index (χ3n) is 6.05. The van der Waals surface area contributed by atoms with Crippen LogP contribution in [0.25, 0.3) is 0 Å². The van der Waals surface area contributed by atoms with Gasteiger partial charge in [-0.3, -0.25) is 4.79 Å². The van der Waals surface area contributed by atoms with E-state index in [1.165, 1.54) is 0 Å². The fourth-order valence-corrected chi connectivity index (χ4v) is 4.38. The molecule has 0 saturated carbocycles. The van der Waals surface area contributed by atoms with Crippen molar-refractivity contribution < 1.29 is 23.8 Å². The van der Waals surface area contributed by atoms with Crippen molar-refractivity contribution in [3.05, 3.63) is 66.2 Å². The topological polar surface area (TPSA) is 77.1 Å². The fourth-order valence-electron chi connectivity index (χ4n) is 4.38. The van der Waals surface area contributed by atoms with E-state index in [0.717, 1.165) is 17.7 Å². The molecule has 1 spiro atoms. The lowest BCUT2D eigenvalue weighted by Crippen LogP contribution is -2.54. The molecule has 0 aromatic heterocycles. The van der Waals surface area contributed by atoms with Crippen LogP contribution in [0.15, 0.2) is 60.7 Å². The lowest BCUT2D eigenvalue weighted by Gasteiger charge is -2.43. The lowest BCUT2D eigenvalue weighted by atomic mass is 9.86. The van der Waals surface area contributed by atoms with Crippen molar-refractivity contribution in [1.29, 1.82) is 0 Å². The van der Waals surface area contributed by atoms with Gasteiger partial charge in [-0.25, -0.2) is 4.79 Å². The number of nitrogens with one attached hydrogen (secondary N) is 1. The normalized spacial score (nSPS) is 19.6. The van der Waals surface area contributed by atoms with E-state index in [-0.39, 0.29) is 24.5 Å². The smallest absolute Gasteiger partial charge is 0.410 e. The Morgan fingerprint density at radius 2 is 1.72 bits per heavy atom. The number of ether oxygens (including phenoxy) is 3. The average Bonchev–Trinajstić information content (AvgIpc) is 3.29. The average molecular weight is 439 g/mol. The van der Waals surface area contributed by atoms with Gasteiger partial charge in [0.1, 0.15) is 6.61 Å². The Balaban J connectivity index is 1.29.